The van der Waals surface area contributed by atoms with Gasteiger partial charge in [-0.1, -0.05) is 0 Å². The van der Waals surface area contributed by atoms with Crippen molar-refractivity contribution >= 4 is 42.9 Å². The van der Waals surface area contributed by atoms with Crippen LogP contribution in [0.1, 0.15) is 36.6 Å². The number of thiazole rings is 1. The minimum absolute atomic E-state index is 0.0497. The summed E-state index contributed by atoms with van der Waals surface area (Å²) in [6.45, 7) is 5.96. The largest absolute Gasteiger partial charge is 0.332 e. The lowest BCUT2D eigenvalue weighted by atomic mass is 10.3. The molecule has 11 heteroatoms. The zero-order chi connectivity index (χ0) is 20.9. The van der Waals surface area contributed by atoms with Crippen LogP contribution in [0.4, 0.5) is 0 Å². The number of nitrogens with one attached hydrogen (secondary N) is 1. The number of sulfonamides is 1. The molecule has 3 aromatic heterocycles. The molecular formula is C18H22N4O4S3. The van der Waals surface area contributed by atoms with Crippen molar-refractivity contribution in [3.63, 3.8) is 0 Å². The summed E-state index contributed by atoms with van der Waals surface area (Å²) in [7, 11) is -3.75. The molecule has 8 nitrogen and oxygen atoms in total. The Balaban J connectivity index is 1.90. The van der Waals surface area contributed by atoms with Gasteiger partial charge in [0.1, 0.15) is 9.04 Å². The third-order valence-electron chi connectivity index (χ3n) is 4.65. The third kappa shape index (κ3) is 4.09. The van der Waals surface area contributed by atoms with Crippen LogP contribution in [0.3, 0.4) is 0 Å². The maximum atomic E-state index is 13.2. The van der Waals surface area contributed by atoms with Gasteiger partial charge in [-0.05, 0) is 45.6 Å². The zero-order valence-corrected chi connectivity index (χ0v) is 18.8. The van der Waals surface area contributed by atoms with Crippen molar-refractivity contribution in [1.29, 1.82) is 0 Å². The number of aryl methyl sites for hydroxylation is 1. The summed E-state index contributed by atoms with van der Waals surface area (Å²) >= 11 is 2.41. The second-order valence-electron chi connectivity index (χ2n) is 7.63. The van der Waals surface area contributed by atoms with Gasteiger partial charge in [0.25, 0.3) is 5.56 Å². The van der Waals surface area contributed by atoms with E-state index in [9.17, 15) is 18.0 Å². The molecule has 3 heterocycles. The molecule has 1 saturated carbocycles. The van der Waals surface area contributed by atoms with Crippen LogP contribution in [0.25, 0.3) is 10.2 Å². The standard InChI is InChI=1S/C18H22N4O4S3/c1-10(2)20-29(25,26)15-6-14-16(23)21(9-13-7-19-11(3)27-13)18(24)22(17(14)28-15)8-12-4-5-12/h6-7,10,12,20H,4-5,8-9H2,1-3H3. The van der Waals surface area contributed by atoms with E-state index in [1.807, 2.05) is 6.92 Å². The van der Waals surface area contributed by atoms with Crippen LogP contribution in [0.5, 0.6) is 0 Å². The second-order valence-corrected chi connectivity index (χ2v) is 11.9. The van der Waals surface area contributed by atoms with Crippen molar-refractivity contribution in [2.75, 3.05) is 0 Å². The normalized spacial score (nSPS) is 14.9. The highest BCUT2D eigenvalue weighted by atomic mass is 32.2. The van der Waals surface area contributed by atoms with Gasteiger partial charge in [-0.2, -0.15) is 0 Å². The molecule has 29 heavy (non-hydrogen) atoms. The molecule has 1 aliphatic rings. The monoisotopic (exact) mass is 454 g/mol. The summed E-state index contributed by atoms with van der Waals surface area (Å²) < 4.78 is 30.6. The molecular weight excluding hydrogens is 432 g/mol. The Bertz CT molecular complexity index is 1290. The van der Waals surface area contributed by atoms with Gasteiger partial charge in [-0.25, -0.2) is 22.9 Å². The first kappa shape index (κ1) is 20.5. The van der Waals surface area contributed by atoms with Crippen molar-refractivity contribution in [3.05, 3.63) is 43.0 Å². The fourth-order valence-corrected chi connectivity index (χ4v) is 6.67. The Morgan fingerprint density at radius 1 is 1.24 bits per heavy atom. The van der Waals surface area contributed by atoms with Crippen molar-refractivity contribution < 1.29 is 8.42 Å². The Morgan fingerprint density at radius 2 is 1.97 bits per heavy atom. The highest BCUT2D eigenvalue weighted by molar-refractivity contribution is 7.91. The molecule has 0 unspecified atom stereocenters. The Labute approximate surface area is 175 Å². The predicted molar refractivity (Wildman–Crippen MR) is 114 cm³/mol. The highest BCUT2D eigenvalue weighted by Crippen LogP contribution is 2.33. The summed E-state index contributed by atoms with van der Waals surface area (Å²) in [4.78, 5) is 31.7. The second kappa shape index (κ2) is 7.46. The average molecular weight is 455 g/mol. The minimum Gasteiger partial charge on any atom is -0.284 e. The Morgan fingerprint density at radius 3 is 2.55 bits per heavy atom. The van der Waals surface area contributed by atoms with Gasteiger partial charge in [-0.15, -0.1) is 22.7 Å². The number of hydrogen-bond acceptors (Lipinski definition) is 7. The van der Waals surface area contributed by atoms with E-state index in [1.54, 1.807) is 24.6 Å². The average Bonchev–Trinajstić information content (AvgIpc) is 3.16. The van der Waals surface area contributed by atoms with Crippen LogP contribution in [0.15, 0.2) is 26.1 Å². The smallest absolute Gasteiger partial charge is 0.284 e. The first-order valence-electron chi connectivity index (χ1n) is 9.36. The lowest BCUT2D eigenvalue weighted by molar-refractivity contribution is 0.570. The molecule has 0 radical (unpaired) electrons. The SMILES string of the molecule is Cc1ncc(Cn2c(=O)c3cc(S(=O)(=O)NC(C)C)sc3n(CC3CC3)c2=O)s1. The van der Waals surface area contributed by atoms with E-state index in [2.05, 4.69) is 9.71 Å². The molecule has 0 aliphatic heterocycles. The van der Waals surface area contributed by atoms with E-state index in [1.165, 1.54) is 22.0 Å². The van der Waals surface area contributed by atoms with Gasteiger partial charge >= 0.3 is 5.69 Å². The molecule has 0 bridgehead atoms. The summed E-state index contributed by atoms with van der Waals surface area (Å²) in [6, 6.07) is 1.12. The Hall–Kier alpha value is -1.82. The number of rotatable bonds is 7. The van der Waals surface area contributed by atoms with Crippen molar-refractivity contribution in [2.45, 2.75) is 57.0 Å². The maximum Gasteiger partial charge on any atom is 0.332 e. The zero-order valence-electron chi connectivity index (χ0n) is 16.3. The predicted octanol–water partition coefficient (Wildman–Crippen LogP) is 2.13. The van der Waals surface area contributed by atoms with Crippen molar-refractivity contribution in [1.82, 2.24) is 18.8 Å². The van der Waals surface area contributed by atoms with Gasteiger partial charge in [0.2, 0.25) is 10.0 Å². The van der Waals surface area contributed by atoms with E-state index in [4.69, 9.17) is 0 Å². The molecule has 156 valence electrons. The highest BCUT2D eigenvalue weighted by Gasteiger charge is 2.27. The first-order chi connectivity index (χ1) is 13.7. The van der Waals surface area contributed by atoms with Crippen molar-refractivity contribution in [2.24, 2.45) is 5.92 Å². The van der Waals surface area contributed by atoms with E-state index in [0.717, 1.165) is 34.1 Å². The molecule has 0 spiro atoms. The maximum absolute atomic E-state index is 13.2. The lowest BCUT2D eigenvalue weighted by Crippen LogP contribution is -2.40. The van der Waals surface area contributed by atoms with Crippen LogP contribution in [0, 0.1) is 12.8 Å². The summed E-state index contributed by atoms with van der Waals surface area (Å²) in [5.74, 6) is 0.392. The minimum atomic E-state index is -3.75. The molecule has 0 amide bonds. The van der Waals surface area contributed by atoms with E-state index in [-0.39, 0.29) is 22.2 Å². The topological polar surface area (TPSA) is 103 Å². The van der Waals surface area contributed by atoms with Gasteiger partial charge in [0, 0.05) is 23.7 Å². The summed E-state index contributed by atoms with van der Waals surface area (Å²) in [5, 5.41) is 1.12. The van der Waals surface area contributed by atoms with Crippen LogP contribution >= 0.6 is 22.7 Å². The molecule has 0 atom stereocenters. The number of nitrogens with zero attached hydrogens (tertiary/aromatic N) is 3. The molecule has 0 saturated heterocycles. The third-order valence-corrected chi connectivity index (χ3v) is 8.84. The summed E-state index contributed by atoms with van der Waals surface area (Å²) in [6.07, 6.45) is 3.73. The van der Waals surface area contributed by atoms with Crippen LogP contribution in [-0.4, -0.2) is 28.6 Å². The van der Waals surface area contributed by atoms with Gasteiger partial charge in [0.15, 0.2) is 0 Å². The quantitative estimate of drug-likeness (QED) is 0.589. The molecule has 1 aliphatic carbocycles. The fraction of sp³-hybridized carbons (Fsp3) is 0.500. The molecule has 3 aromatic rings. The van der Waals surface area contributed by atoms with E-state index < -0.39 is 21.3 Å². The first-order valence-corrected chi connectivity index (χ1v) is 12.5. The van der Waals surface area contributed by atoms with Crippen LogP contribution in [0.2, 0.25) is 0 Å². The van der Waals surface area contributed by atoms with Crippen molar-refractivity contribution in [3.8, 4) is 0 Å². The Kier molecular flexibility index (Phi) is 5.26. The molecule has 1 N–H and O–H groups in total. The van der Waals surface area contributed by atoms with Gasteiger partial charge in [-0.3, -0.25) is 13.9 Å². The lowest BCUT2D eigenvalue weighted by Gasteiger charge is -2.10. The summed E-state index contributed by atoms with van der Waals surface area (Å²) in [5.41, 5.74) is -0.867. The van der Waals surface area contributed by atoms with E-state index >= 15 is 0 Å². The van der Waals surface area contributed by atoms with Gasteiger partial charge < -0.3 is 0 Å². The fourth-order valence-electron chi connectivity index (χ4n) is 3.17. The van der Waals surface area contributed by atoms with E-state index in [0.29, 0.717) is 17.3 Å². The number of fused-ring (bicyclic) bond motifs is 1. The van der Waals surface area contributed by atoms with Gasteiger partial charge in [0.05, 0.1) is 16.9 Å². The number of thiophene rings is 1. The molecule has 1 fully saturated rings. The van der Waals surface area contributed by atoms with Crippen LogP contribution in [-0.2, 0) is 23.1 Å². The number of aromatic nitrogens is 3. The number of hydrogen-bond donors (Lipinski definition) is 1. The molecule has 4 rings (SSSR count). The molecule has 0 aromatic carbocycles. The van der Waals surface area contributed by atoms with Crippen LogP contribution < -0.4 is 16.0 Å².